The summed E-state index contributed by atoms with van der Waals surface area (Å²) in [5.41, 5.74) is 0.367. The van der Waals surface area contributed by atoms with Crippen LogP contribution in [0.3, 0.4) is 0 Å². The van der Waals surface area contributed by atoms with Gasteiger partial charge >= 0.3 is 0 Å². The van der Waals surface area contributed by atoms with Gasteiger partial charge in [-0.2, -0.15) is 4.31 Å². The number of anilines is 1. The standard InChI is InChI=1S/C18H22N4O4S2/c1-11-9-22(10-12(2)26-11)28(24,25)15-7-5-13(6-8-15)16(23)19-18-21-20-17(27-18)14-3-4-14/h5-8,11-12,14H,3-4,9-10H2,1-2H3,(H,19,21,23)/t11-,12-/m1/s1. The third-order valence-electron chi connectivity index (χ3n) is 4.73. The van der Waals surface area contributed by atoms with Crippen LogP contribution in [0, 0.1) is 0 Å². The van der Waals surface area contributed by atoms with E-state index < -0.39 is 10.0 Å². The maximum atomic E-state index is 12.9. The predicted molar refractivity (Wildman–Crippen MR) is 105 cm³/mol. The quantitative estimate of drug-likeness (QED) is 0.794. The van der Waals surface area contributed by atoms with Crippen molar-refractivity contribution in [2.24, 2.45) is 0 Å². The summed E-state index contributed by atoms with van der Waals surface area (Å²) in [6, 6.07) is 5.95. The molecule has 0 unspecified atom stereocenters. The molecule has 2 aromatic rings. The molecule has 1 amide bonds. The molecule has 1 N–H and O–H groups in total. The van der Waals surface area contributed by atoms with E-state index >= 15 is 0 Å². The summed E-state index contributed by atoms with van der Waals surface area (Å²) in [5, 5.41) is 12.2. The third kappa shape index (κ3) is 4.09. The summed E-state index contributed by atoms with van der Waals surface area (Å²) >= 11 is 1.38. The predicted octanol–water partition coefficient (Wildman–Crippen LogP) is 2.47. The van der Waals surface area contributed by atoms with Crippen LogP contribution in [0.25, 0.3) is 0 Å². The van der Waals surface area contributed by atoms with E-state index in [0.717, 1.165) is 17.8 Å². The number of carbonyl (C=O) groups excluding carboxylic acids is 1. The number of nitrogens with one attached hydrogen (secondary N) is 1. The van der Waals surface area contributed by atoms with Crippen molar-refractivity contribution >= 4 is 32.4 Å². The molecular formula is C18H22N4O4S2. The zero-order chi connectivity index (χ0) is 19.9. The molecule has 10 heteroatoms. The molecule has 0 bridgehead atoms. The largest absolute Gasteiger partial charge is 0.373 e. The van der Waals surface area contributed by atoms with Crippen molar-refractivity contribution < 1.29 is 17.9 Å². The summed E-state index contributed by atoms with van der Waals surface area (Å²) in [6.07, 6.45) is 1.94. The number of ether oxygens (including phenoxy) is 1. The molecular weight excluding hydrogens is 400 g/mol. The molecule has 1 aliphatic carbocycles. The topological polar surface area (TPSA) is 101 Å². The Morgan fingerprint density at radius 2 is 1.79 bits per heavy atom. The molecule has 0 radical (unpaired) electrons. The van der Waals surface area contributed by atoms with Gasteiger partial charge in [-0.15, -0.1) is 10.2 Å². The van der Waals surface area contributed by atoms with Gasteiger partial charge in [-0.3, -0.25) is 10.1 Å². The highest BCUT2D eigenvalue weighted by Gasteiger charge is 2.32. The molecule has 1 saturated carbocycles. The second-order valence-corrected chi connectivity index (χ2v) is 10.2. The zero-order valence-electron chi connectivity index (χ0n) is 15.7. The maximum Gasteiger partial charge on any atom is 0.257 e. The molecule has 28 heavy (non-hydrogen) atoms. The van der Waals surface area contributed by atoms with Gasteiger partial charge in [-0.25, -0.2) is 8.42 Å². The number of hydrogen-bond donors (Lipinski definition) is 1. The number of aromatic nitrogens is 2. The average Bonchev–Trinajstić information content (AvgIpc) is 3.40. The van der Waals surface area contributed by atoms with Gasteiger partial charge < -0.3 is 4.74 Å². The number of nitrogens with zero attached hydrogens (tertiary/aromatic N) is 3. The second-order valence-electron chi connectivity index (χ2n) is 7.28. The summed E-state index contributed by atoms with van der Waals surface area (Å²) in [6.45, 7) is 4.34. The minimum absolute atomic E-state index is 0.156. The molecule has 1 saturated heterocycles. The highest BCUT2D eigenvalue weighted by atomic mass is 32.2. The highest BCUT2D eigenvalue weighted by Crippen LogP contribution is 2.42. The van der Waals surface area contributed by atoms with Gasteiger partial charge in [0, 0.05) is 24.6 Å². The van der Waals surface area contributed by atoms with Crippen LogP contribution < -0.4 is 5.32 Å². The Hall–Kier alpha value is -1.88. The Kier molecular flexibility index (Phi) is 5.21. The van der Waals surface area contributed by atoms with Gasteiger partial charge in [-0.1, -0.05) is 11.3 Å². The first-order valence-electron chi connectivity index (χ1n) is 9.23. The number of carbonyl (C=O) groups is 1. The molecule has 1 aliphatic heterocycles. The van der Waals surface area contributed by atoms with Crippen LogP contribution in [0.15, 0.2) is 29.2 Å². The minimum atomic E-state index is -3.63. The lowest BCUT2D eigenvalue weighted by atomic mass is 10.2. The lowest BCUT2D eigenvalue weighted by Crippen LogP contribution is -2.48. The summed E-state index contributed by atoms with van der Waals surface area (Å²) in [5.74, 6) is 0.148. The first-order valence-corrected chi connectivity index (χ1v) is 11.5. The van der Waals surface area contributed by atoms with Crippen LogP contribution in [0.2, 0.25) is 0 Å². The van der Waals surface area contributed by atoms with Gasteiger partial charge in [0.1, 0.15) is 5.01 Å². The van der Waals surface area contributed by atoms with E-state index in [1.165, 1.54) is 39.9 Å². The maximum absolute atomic E-state index is 12.9. The molecule has 2 fully saturated rings. The summed E-state index contributed by atoms with van der Waals surface area (Å²) in [7, 11) is -3.63. The van der Waals surface area contributed by atoms with E-state index in [2.05, 4.69) is 15.5 Å². The number of sulfonamides is 1. The van der Waals surface area contributed by atoms with E-state index in [1.54, 1.807) is 0 Å². The number of hydrogen-bond acceptors (Lipinski definition) is 7. The van der Waals surface area contributed by atoms with Crippen molar-refractivity contribution in [3.05, 3.63) is 34.8 Å². The monoisotopic (exact) mass is 422 g/mol. The van der Waals surface area contributed by atoms with E-state index in [4.69, 9.17) is 4.74 Å². The van der Waals surface area contributed by atoms with Crippen LogP contribution in [-0.2, 0) is 14.8 Å². The first-order chi connectivity index (χ1) is 13.3. The fourth-order valence-corrected chi connectivity index (χ4v) is 5.70. The molecule has 150 valence electrons. The number of amides is 1. The molecule has 1 aromatic heterocycles. The SMILES string of the molecule is C[C@@H]1CN(S(=O)(=O)c2ccc(C(=O)Nc3nnc(C4CC4)s3)cc2)C[C@@H](C)O1. The van der Waals surface area contributed by atoms with Crippen molar-refractivity contribution in [1.82, 2.24) is 14.5 Å². The van der Waals surface area contributed by atoms with Crippen molar-refractivity contribution in [1.29, 1.82) is 0 Å². The van der Waals surface area contributed by atoms with Gasteiger partial charge in [0.2, 0.25) is 15.2 Å². The molecule has 2 atom stereocenters. The minimum Gasteiger partial charge on any atom is -0.373 e. The van der Waals surface area contributed by atoms with Crippen LogP contribution in [0.1, 0.15) is 48.0 Å². The van der Waals surface area contributed by atoms with Crippen molar-refractivity contribution in [3.8, 4) is 0 Å². The Morgan fingerprint density at radius 1 is 1.14 bits per heavy atom. The molecule has 0 spiro atoms. The Balaban J connectivity index is 1.45. The molecule has 2 heterocycles. The van der Waals surface area contributed by atoms with Gasteiger partial charge in [0.25, 0.3) is 5.91 Å². The fourth-order valence-electron chi connectivity index (χ4n) is 3.20. The van der Waals surface area contributed by atoms with Crippen LogP contribution >= 0.6 is 11.3 Å². The Bertz CT molecular complexity index is 960. The Morgan fingerprint density at radius 3 is 2.39 bits per heavy atom. The summed E-state index contributed by atoms with van der Waals surface area (Å²) < 4.78 is 32.8. The van der Waals surface area contributed by atoms with E-state index in [9.17, 15) is 13.2 Å². The number of morpholine rings is 1. The average molecular weight is 423 g/mol. The molecule has 8 nitrogen and oxygen atoms in total. The van der Waals surface area contributed by atoms with E-state index in [0.29, 0.717) is 29.7 Å². The lowest BCUT2D eigenvalue weighted by molar-refractivity contribution is -0.0440. The Labute approximate surface area is 168 Å². The van der Waals surface area contributed by atoms with Crippen molar-refractivity contribution in [2.45, 2.75) is 49.7 Å². The third-order valence-corrected chi connectivity index (χ3v) is 7.58. The van der Waals surface area contributed by atoms with Crippen LogP contribution in [0.4, 0.5) is 5.13 Å². The zero-order valence-corrected chi connectivity index (χ0v) is 17.3. The van der Waals surface area contributed by atoms with Crippen molar-refractivity contribution in [2.75, 3.05) is 18.4 Å². The fraction of sp³-hybridized carbons (Fsp3) is 0.500. The summed E-state index contributed by atoms with van der Waals surface area (Å²) in [4.78, 5) is 12.6. The van der Waals surface area contributed by atoms with Gasteiger partial charge in [0.15, 0.2) is 0 Å². The first kappa shape index (κ1) is 19.4. The van der Waals surface area contributed by atoms with E-state index in [1.807, 2.05) is 13.8 Å². The second kappa shape index (κ2) is 7.51. The number of benzene rings is 1. The molecule has 1 aromatic carbocycles. The molecule has 2 aliphatic rings. The smallest absolute Gasteiger partial charge is 0.257 e. The van der Waals surface area contributed by atoms with Gasteiger partial charge in [-0.05, 0) is 51.0 Å². The number of rotatable bonds is 5. The van der Waals surface area contributed by atoms with Gasteiger partial charge in [0.05, 0.1) is 17.1 Å². The van der Waals surface area contributed by atoms with Crippen LogP contribution in [-0.4, -0.2) is 54.1 Å². The lowest BCUT2D eigenvalue weighted by Gasteiger charge is -2.34. The van der Waals surface area contributed by atoms with Crippen LogP contribution in [0.5, 0.6) is 0 Å². The molecule has 4 rings (SSSR count). The van der Waals surface area contributed by atoms with Crippen molar-refractivity contribution in [3.63, 3.8) is 0 Å². The van der Waals surface area contributed by atoms with E-state index in [-0.39, 0.29) is 23.0 Å². The normalized spacial score (nSPS) is 23.5. The highest BCUT2D eigenvalue weighted by molar-refractivity contribution is 7.89.